The van der Waals surface area contributed by atoms with E-state index in [1.54, 1.807) is 7.11 Å². The highest BCUT2D eigenvalue weighted by Crippen LogP contribution is 2.37. The molecule has 4 heteroatoms. The van der Waals surface area contributed by atoms with Crippen molar-refractivity contribution in [3.8, 4) is 5.75 Å². The molecular weight excluding hydrogens is 403 g/mol. The van der Waals surface area contributed by atoms with Crippen molar-refractivity contribution in [1.82, 2.24) is 0 Å². The fraction of sp³-hybridized carbons (Fsp3) is 0.250. The molecule has 2 aromatic carbocycles. The largest absolute Gasteiger partial charge is 0.496 e. The lowest BCUT2D eigenvalue weighted by Gasteiger charge is -2.16. The first-order valence-electron chi connectivity index (χ1n) is 6.24. The highest BCUT2D eigenvalue weighted by Gasteiger charge is 2.15. The maximum atomic E-state index is 5.91. The molecule has 0 amide bonds. The summed E-state index contributed by atoms with van der Waals surface area (Å²) in [4.78, 5) is 0.190. The molecule has 106 valence electrons. The molecule has 20 heavy (non-hydrogen) atoms. The predicted molar refractivity (Wildman–Crippen MR) is 92.3 cm³/mol. The molecule has 0 aliphatic carbocycles. The second-order valence-electron chi connectivity index (χ2n) is 4.64. The average Bonchev–Trinajstić information content (AvgIpc) is 2.43. The van der Waals surface area contributed by atoms with Crippen molar-refractivity contribution < 1.29 is 4.74 Å². The SMILES string of the molecule is COc1cc(C)c(Br)cc1C(Br)Cc1ccc(Cl)cc1. The zero-order chi connectivity index (χ0) is 14.7. The van der Waals surface area contributed by atoms with Gasteiger partial charge in [0, 0.05) is 19.9 Å². The Bertz CT molecular complexity index is 596. The highest BCUT2D eigenvalue weighted by molar-refractivity contribution is 9.10. The Kier molecular flexibility index (Phi) is 5.53. The van der Waals surface area contributed by atoms with E-state index in [0.717, 1.165) is 32.8 Å². The Balaban J connectivity index is 2.26. The summed E-state index contributed by atoms with van der Waals surface area (Å²) in [6.45, 7) is 2.05. The zero-order valence-corrected chi connectivity index (χ0v) is 15.2. The minimum absolute atomic E-state index is 0.190. The van der Waals surface area contributed by atoms with E-state index in [1.165, 1.54) is 5.56 Å². The first-order valence-corrected chi connectivity index (χ1v) is 8.32. The Hall–Kier alpha value is -0.510. The van der Waals surface area contributed by atoms with E-state index in [1.807, 2.05) is 24.3 Å². The Morgan fingerprint density at radius 1 is 1.20 bits per heavy atom. The van der Waals surface area contributed by atoms with Crippen LogP contribution in [0, 0.1) is 6.92 Å². The fourth-order valence-electron chi connectivity index (χ4n) is 2.03. The van der Waals surface area contributed by atoms with Gasteiger partial charge in [-0.3, -0.25) is 0 Å². The Morgan fingerprint density at radius 2 is 1.85 bits per heavy atom. The summed E-state index contributed by atoms with van der Waals surface area (Å²) in [5.74, 6) is 0.904. The summed E-state index contributed by atoms with van der Waals surface area (Å²) in [7, 11) is 1.70. The van der Waals surface area contributed by atoms with Crippen LogP contribution >= 0.6 is 43.5 Å². The number of halogens is 3. The smallest absolute Gasteiger partial charge is 0.123 e. The van der Waals surface area contributed by atoms with Crippen LogP contribution in [-0.4, -0.2) is 7.11 Å². The lowest BCUT2D eigenvalue weighted by atomic mass is 10.0. The molecule has 0 bridgehead atoms. The molecule has 0 saturated carbocycles. The van der Waals surface area contributed by atoms with Crippen LogP contribution in [0.25, 0.3) is 0 Å². The summed E-state index contributed by atoms with van der Waals surface area (Å²) in [5, 5.41) is 0.760. The van der Waals surface area contributed by atoms with Crippen molar-refractivity contribution in [3.05, 3.63) is 62.6 Å². The molecule has 0 aliphatic heterocycles. The lowest BCUT2D eigenvalue weighted by molar-refractivity contribution is 0.409. The molecular formula is C16H15Br2ClO. The van der Waals surface area contributed by atoms with E-state index in [9.17, 15) is 0 Å². The molecule has 1 unspecified atom stereocenters. The zero-order valence-electron chi connectivity index (χ0n) is 11.3. The minimum atomic E-state index is 0.190. The molecule has 2 rings (SSSR count). The van der Waals surface area contributed by atoms with Gasteiger partial charge in [-0.15, -0.1) is 0 Å². The number of rotatable bonds is 4. The van der Waals surface area contributed by atoms with Crippen LogP contribution in [0.15, 0.2) is 40.9 Å². The van der Waals surface area contributed by atoms with E-state index < -0.39 is 0 Å². The van der Waals surface area contributed by atoms with Gasteiger partial charge >= 0.3 is 0 Å². The van der Waals surface area contributed by atoms with E-state index in [2.05, 4.69) is 50.9 Å². The third kappa shape index (κ3) is 3.78. The van der Waals surface area contributed by atoms with E-state index in [-0.39, 0.29) is 4.83 Å². The van der Waals surface area contributed by atoms with Gasteiger partial charge < -0.3 is 4.74 Å². The first kappa shape index (κ1) is 15.9. The van der Waals surface area contributed by atoms with Gasteiger partial charge in [0.05, 0.1) is 7.11 Å². The molecule has 0 saturated heterocycles. The van der Waals surface area contributed by atoms with Crippen molar-refractivity contribution in [3.63, 3.8) is 0 Å². The van der Waals surface area contributed by atoms with Crippen molar-refractivity contribution in [2.45, 2.75) is 18.2 Å². The number of methoxy groups -OCH3 is 1. The van der Waals surface area contributed by atoms with Crippen LogP contribution in [0.5, 0.6) is 5.75 Å². The average molecular weight is 419 g/mol. The van der Waals surface area contributed by atoms with E-state index >= 15 is 0 Å². The van der Waals surface area contributed by atoms with Gasteiger partial charge in [-0.1, -0.05) is 55.6 Å². The van der Waals surface area contributed by atoms with E-state index in [0.29, 0.717) is 0 Å². The van der Waals surface area contributed by atoms with Crippen molar-refractivity contribution in [1.29, 1.82) is 0 Å². The van der Waals surface area contributed by atoms with Crippen LogP contribution in [0.3, 0.4) is 0 Å². The van der Waals surface area contributed by atoms with Crippen molar-refractivity contribution >= 4 is 43.5 Å². The normalized spacial score (nSPS) is 12.2. The molecule has 0 spiro atoms. The summed E-state index contributed by atoms with van der Waals surface area (Å²) in [5.41, 5.74) is 3.53. The molecule has 0 heterocycles. The van der Waals surface area contributed by atoms with Crippen LogP contribution in [0.1, 0.15) is 21.5 Å². The number of ether oxygens (including phenoxy) is 1. The Labute approximate surface area is 141 Å². The molecule has 1 atom stereocenters. The van der Waals surface area contributed by atoms with Gasteiger partial charge in [-0.05, 0) is 48.7 Å². The second kappa shape index (κ2) is 6.97. The van der Waals surface area contributed by atoms with Gasteiger partial charge in [0.2, 0.25) is 0 Å². The summed E-state index contributed by atoms with van der Waals surface area (Å²) >= 11 is 13.2. The predicted octanol–water partition coefficient (Wildman–Crippen LogP) is 6.10. The number of hydrogen-bond acceptors (Lipinski definition) is 1. The third-order valence-corrected chi connectivity index (χ3v) is 5.10. The van der Waals surface area contributed by atoms with Gasteiger partial charge in [-0.25, -0.2) is 0 Å². The molecule has 0 aromatic heterocycles. The molecule has 2 aromatic rings. The maximum absolute atomic E-state index is 5.91. The highest BCUT2D eigenvalue weighted by atomic mass is 79.9. The fourth-order valence-corrected chi connectivity index (χ4v) is 3.25. The first-order chi connectivity index (χ1) is 9.51. The quantitative estimate of drug-likeness (QED) is 0.545. The number of hydrogen-bond donors (Lipinski definition) is 0. The Morgan fingerprint density at radius 3 is 2.45 bits per heavy atom. The van der Waals surface area contributed by atoms with E-state index in [4.69, 9.17) is 16.3 Å². The van der Waals surface area contributed by atoms with Crippen molar-refractivity contribution in [2.24, 2.45) is 0 Å². The molecule has 1 nitrogen and oxygen atoms in total. The van der Waals surface area contributed by atoms with Gasteiger partial charge in [-0.2, -0.15) is 0 Å². The summed E-state index contributed by atoms with van der Waals surface area (Å²) in [6.07, 6.45) is 0.878. The lowest BCUT2D eigenvalue weighted by Crippen LogP contribution is -2.00. The number of aryl methyl sites for hydroxylation is 1. The molecule has 0 aliphatic rings. The standard InChI is InChI=1S/C16H15Br2ClO/c1-10-7-16(20-2)13(9-14(10)17)15(18)8-11-3-5-12(19)6-4-11/h3-7,9,15H,8H2,1-2H3. The van der Waals surface area contributed by atoms with Crippen molar-refractivity contribution in [2.75, 3.05) is 7.11 Å². The molecule has 0 fully saturated rings. The van der Waals surface area contributed by atoms with Crippen LogP contribution in [-0.2, 0) is 6.42 Å². The van der Waals surface area contributed by atoms with Gasteiger partial charge in [0.25, 0.3) is 0 Å². The second-order valence-corrected chi connectivity index (χ2v) is 7.04. The van der Waals surface area contributed by atoms with Crippen LogP contribution in [0.2, 0.25) is 5.02 Å². The topological polar surface area (TPSA) is 9.23 Å². The van der Waals surface area contributed by atoms with Crippen LogP contribution in [0.4, 0.5) is 0 Å². The van der Waals surface area contributed by atoms with Gasteiger partial charge in [0.15, 0.2) is 0 Å². The third-order valence-electron chi connectivity index (χ3n) is 3.18. The maximum Gasteiger partial charge on any atom is 0.123 e. The molecule has 0 N–H and O–H groups in total. The monoisotopic (exact) mass is 416 g/mol. The number of benzene rings is 2. The summed E-state index contributed by atoms with van der Waals surface area (Å²) in [6, 6.07) is 12.1. The number of alkyl halides is 1. The molecule has 0 radical (unpaired) electrons. The minimum Gasteiger partial charge on any atom is -0.496 e. The van der Waals surface area contributed by atoms with Crippen LogP contribution < -0.4 is 4.74 Å². The van der Waals surface area contributed by atoms with Gasteiger partial charge in [0.1, 0.15) is 5.75 Å². The summed E-state index contributed by atoms with van der Waals surface area (Å²) < 4.78 is 6.58.